The van der Waals surface area contributed by atoms with Gasteiger partial charge in [-0.25, -0.2) is 0 Å². The van der Waals surface area contributed by atoms with Gasteiger partial charge < -0.3 is 10.3 Å². The van der Waals surface area contributed by atoms with E-state index in [-0.39, 0.29) is 5.56 Å². The van der Waals surface area contributed by atoms with E-state index in [1.54, 1.807) is 6.07 Å². The second kappa shape index (κ2) is 4.33. The number of aromatic nitrogens is 1. The summed E-state index contributed by atoms with van der Waals surface area (Å²) in [7, 11) is 0. The van der Waals surface area contributed by atoms with Gasteiger partial charge in [0.2, 0.25) is 5.56 Å². The summed E-state index contributed by atoms with van der Waals surface area (Å²) >= 11 is 0. The lowest BCUT2D eigenvalue weighted by Gasteiger charge is -2.21. The Labute approximate surface area is 106 Å². The molecule has 2 heterocycles. The first kappa shape index (κ1) is 11.1. The molecule has 1 aromatic heterocycles. The van der Waals surface area contributed by atoms with Gasteiger partial charge in [0.25, 0.3) is 0 Å². The molecule has 0 saturated carbocycles. The standard InChI is InChI=1S/C15H16N2O/c1-10-2-5-13(16-9-10)11-3-6-14-12(8-11)4-7-15(18)17-14/h3-8,10,16H,2,9H2,1H3,(H,17,18). The second-order valence-corrected chi connectivity index (χ2v) is 4.96. The fourth-order valence-corrected chi connectivity index (χ4v) is 2.30. The molecule has 1 unspecified atom stereocenters. The van der Waals surface area contributed by atoms with Crippen molar-refractivity contribution in [2.45, 2.75) is 13.3 Å². The van der Waals surface area contributed by atoms with Crippen molar-refractivity contribution < 1.29 is 0 Å². The van der Waals surface area contributed by atoms with Crippen LogP contribution in [0.3, 0.4) is 0 Å². The van der Waals surface area contributed by atoms with Crippen molar-refractivity contribution in [1.82, 2.24) is 10.3 Å². The lowest BCUT2D eigenvalue weighted by Crippen LogP contribution is -2.23. The van der Waals surface area contributed by atoms with Crippen molar-refractivity contribution >= 4 is 16.6 Å². The number of fused-ring (bicyclic) bond motifs is 1. The van der Waals surface area contributed by atoms with Crippen LogP contribution in [0.1, 0.15) is 18.9 Å². The average Bonchev–Trinajstić information content (AvgIpc) is 2.39. The van der Waals surface area contributed by atoms with Crippen molar-refractivity contribution in [3.05, 3.63) is 52.3 Å². The molecule has 0 fully saturated rings. The Kier molecular flexibility index (Phi) is 2.67. The molecule has 1 aliphatic heterocycles. The normalized spacial score (nSPS) is 19.4. The minimum absolute atomic E-state index is 0.0564. The molecule has 3 heteroatoms. The Bertz CT molecular complexity index is 669. The van der Waals surface area contributed by atoms with Crippen molar-refractivity contribution in [3.63, 3.8) is 0 Å². The van der Waals surface area contributed by atoms with Gasteiger partial charge in [-0.05, 0) is 41.5 Å². The molecule has 0 aliphatic carbocycles. The molecular weight excluding hydrogens is 224 g/mol. The summed E-state index contributed by atoms with van der Waals surface area (Å²) in [5.74, 6) is 0.700. The first-order chi connectivity index (χ1) is 8.72. The van der Waals surface area contributed by atoms with E-state index in [1.165, 1.54) is 11.3 Å². The van der Waals surface area contributed by atoms with Crippen LogP contribution in [0.25, 0.3) is 16.6 Å². The molecule has 0 bridgehead atoms. The van der Waals surface area contributed by atoms with Gasteiger partial charge in [-0.2, -0.15) is 0 Å². The summed E-state index contributed by atoms with van der Waals surface area (Å²) in [6.07, 6.45) is 3.37. The SMILES string of the molecule is CC1CC=C(c2ccc3[nH]c(=O)ccc3c2)NC1. The van der Waals surface area contributed by atoms with E-state index >= 15 is 0 Å². The Morgan fingerprint density at radius 1 is 1.22 bits per heavy atom. The Hall–Kier alpha value is -2.03. The monoisotopic (exact) mass is 240 g/mol. The number of rotatable bonds is 1. The van der Waals surface area contributed by atoms with Gasteiger partial charge in [0, 0.05) is 23.8 Å². The highest BCUT2D eigenvalue weighted by atomic mass is 16.1. The van der Waals surface area contributed by atoms with Gasteiger partial charge in [-0.3, -0.25) is 4.79 Å². The number of benzene rings is 1. The first-order valence-corrected chi connectivity index (χ1v) is 6.30. The quantitative estimate of drug-likeness (QED) is 0.804. The van der Waals surface area contributed by atoms with Crippen LogP contribution in [0.5, 0.6) is 0 Å². The van der Waals surface area contributed by atoms with Gasteiger partial charge in [0.1, 0.15) is 0 Å². The zero-order valence-corrected chi connectivity index (χ0v) is 10.4. The van der Waals surface area contributed by atoms with E-state index < -0.39 is 0 Å². The minimum Gasteiger partial charge on any atom is -0.385 e. The summed E-state index contributed by atoms with van der Waals surface area (Å²) in [5.41, 5.74) is 3.21. The summed E-state index contributed by atoms with van der Waals surface area (Å²) in [6.45, 7) is 3.26. The highest BCUT2D eigenvalue weighted by Crippen LogP contribution is 2.21. The lowest BCUT2D eigenvalue weighted by molar-refractivity contribution is 0.550. The predicted octanol–water partition coefficient (Wildman–Crippen LogP) is 2.50. The lowest BCUT2D eigenvalue weighted by atomic mass is 9.99. The first-order valence-electron chi connectivity index (χ1n) is 6.30. The van der Waals surface area contributed by atoms with Gasteiger partial charge >= 0.3 is 0 Å². The number of nitrogens with one attached hydrogen (secondary N) is 2. The Balaban J connectivity index is 2.03. The number of H-pyrrole nitrogens is 1. The molecule has 0 radical (unpaired) electrons. The van der Waals surface area contributed by atoms with Crippen LogP contribution < -0.4 is 10.9 Å². The molecule has 1 atom stereocenters. The molecule has 3 rings (SSSR count). The minimum atomic E-state index is -0.0564. The maximum Gasteiger partial charge on any atom is 0.248 e. The van der Waals surface area contributed by atoms with Crippen LogP contribution in [0.15, 0.2) is 41.2 Å². The van der Waals surface area contributed by atoms with Crippen LogP contribution in [0.4, 0.5) is 0 Å². The van der Waals surface area contributed by atoms with Crippen molar-refractivity contribution in [2.75, 3.05) is 6.54 Å². The molecule has 92 valence electrons. The molecule has 1 aromatic carbocycles. The van der Waals surface area contributed by atoms with Crippen LogP contribution in [-0.4, -0.2) is 11.5 Å². The van der Waals surface area contributed by atoms with Crippen LogP contribution >= 0.6 is 0 Å². The third-order valence-corrected chi connectivity index (χ3v) is 3.40. The summed E-state index contributed by atoms with van der Waals surface area (Å²) in [6, 6.07) is 9.56. The summed E-state index contributed by atoms with van der Waals surface area (Å²) in [4.78, 5) is 14.1. The highest BCUT2D eigenvalue weighted by molar-refractivity contribution is 5.83. The number of pyridine rings is 1. The van der Waals surface area contributed by atoms with E-state index in [2.05, 4.69) is 29.4 Å². The van der Waals surface area contributed by atoms with Crippen LogP contribution in [0.2, 0.25) is 0 Å². The van der Waals surface area contributed by atoms with Crippen molar-refractivity contribution in [1.29, 1.82) is 0 Å². The highest BCUT2D eigenvalue weighted by Gasteiger charge is 2.10. The molecule has 2 N–H and O–H groups in total. The zero-order chi connectivity index (χ0) is 12.5. The fourth-order valence-electron chi connectivity index (χ4n) is 2.30. The van der Waals surface area contributed by atoms with Crippen LogP contribution in [0, 0.1) is 5.92 Å². The second-order valence-electron chi connectivity index (χ2n) is 4.96. The van der Waals surface area contributed by atoms with Gasteiger partial charge in [0.05, 0.1) is 0 Å². The number of hydrogen-bond donors (Lipinski definition) is 2. The molecular formula is C15H16N2O. The summed E-state index contributed by atoms with van der Waals surface area (Å²) in [5, 5.41) is 4.51. The van der Waals surface area contributed by atoms with Gasteiger partial charge in [-0.1, -0.05) is 19.1 Å². The van der Waals surface area contributed by atoms with E-state index in [4.69, 9.17) is 0 Å². The third kappa shape index (κ3) is 2.04. The van der Waals surface area contributed by atoms with E-state index in [0.717, 1.165) is 23.9 Å². The van der Waals surface area contributed by atoms with Crippen molar-refractivity contribution in [3.8, 4) is 0 Å². The third-order valence-electron chi connectivity index (χ3n) is 3.40. The van der Waals surface area contributed by atoms with E-state index in [0.29, 0.717) is 5.92 Å². The predicted molar refractivity (Wildman–Crippen MR) is 74.3 cm³/mol. The largest absolute Gasteiger partial charge is 0.385 e. The molecule has 0 saturated heterocycles. The Morgan fingerprint density at radius 3 is 2.89 bits per heavy atom. The smallest absolute Gasteiger partial charge is 0.248 e. The maximum absolute atomic E-state index is 11.2. The average molecular weight is 240 g/mol. The maximum atomic E-state index is 11.2. The van der Waals surface area contributed by atoms with Crippen LogP contribution in [-0.2, 0) is 0 Å². The molecule has 2 aromatic rings. The molecule has 0 amide bonds. The van der Waals surface area contributed by atoms with Gasteiger partial charge in [-0.15, -0.1) is 0 Å². The van der Waals surface area contributed by atoms with E-state index in [1.807, 2.05) is 18.2 Å². The topological polar surface area (TPSA) is 44.9 Å². The summed E-state index contributed by atoms with van der Waals surface area (Å²) < 4.78 is 0. The fraction of sp³-hybridized carbons (Fsp3) is 0.267. The number of hydrogen-bond acceptors (Lipinski definition) is 2. The molecule has 18 heavy (non-hydrogen) atoms. The zero-order valence-electron chi connectivity index (χ0n) is 10.4. The molecule has 3 nitrogen and oxygen atoms in total. The number of allylic oxidation sites excluding steroid dienone is 1. The van der Waals surface area contributed by atoms with E-state index in [9.17, 15) is 4.79 Å². The molecule has 0 spiro atoms. The molecule has 1 aliphatic rings. The van der Waals surface area contributed by atoms with Gasteiger partial charge in [0.15, 0.2) is 0 Å². The van der Waals surface area contributed by atoms with Crippen molar-refractivity contribution in [2.24, 2.45) is 5.92 Å². The number of aromatic amines is 1. The Morgan fingerprint density at radius 2 is 2.11 bits per heavy atom.